The first-order valence-corrected chi connectivity index (χ1v) is 7.16. The Morgan fingerprint density at radius 3 is 2.71 bits per heavy atom. The van der Waals surface area contributed by atoms with Crippen LogP contribution in [0, 0.1) is 11.8 Å². The molecule has 3 unspecified atom stereocenters. The molecule has 3 nitrogen and oxygen atoms in total. The third-order valence-electron chi connectivity index (χ3n) is 3.84. The molecule has 3 heteroatoms. The number of nitrogens with one attached hydrogen (secondary N) is 2. The van der Waals surface area contributed by atoms with Crippen molar-refractivity contribution in [2.75, 3.05) is 13.1 Å². The SMILES string of the molecule is CCNCC(C)C(=O)NC1CCCCCC1C. The molecule has 1 amide bonds. The third-order valence-corrected chi connectivity index (χ3v) is 3.84. The molecule has 1 rings (SSSR count). The molecule has 1 fully saturated rings. The smallest absolute Gasteiger partial charge is 0.224 e. The molecule has 0 radical (unpaired) electrons. The number of carbonyl (C=O) groups excluding carboxylic acids is 1. The van der Waals surface area contributed by atoms with Crippen LogP contribution in [0.2, 0.25) is 0 Å². The second kappa shape index (κ2) is 7.70. The van der Waals surface area contributed by atoms with Gasteiger partial charge in [-0.05, 0) is 25.3 Å². The van der Waals surface area contributed by atoms with Gasteiger partial charge in [-0.15, -0.1) is 0 Å². The average Bonchev–Trinajstić information content (AvgIpc) is 2.52. The average molecular weight is 240 g/mol. The van der Waals surface area contributed by atoms with Crippen molar-refractivity contribution in [3.05, 3.63) is 0 Å². The van der Waals surface area contributed by atoms with Crippen molar-refractivity contribution >= 4 is 5.91 Å². The topological polar surface area (TPSA) is 41.1 Å². The van der Waals surface area contributed by atoms with E-state index in [0.29, 0.717) is 12.0 Å². The zero-order chi connectivity index (χ0) is 12.7. The Hall–Kier alpha value is -0.570. The van der Waals surface area contributed by atoms with E-state index in [1.165, 1.54) is 25.7 Å². The van der Waals surface area contributed by atoms with Crippen molar-refractivity contribution in [3.63, 3.8) is 0 Å². The minimum absolute atomic E-state index is 0.0744. The summed E-state index contributed by atoms with van der Waals surface area (Å²) in [6.45, 7) is 8.05. The summed E-state index contributed by atoms with van der Waals surface area (Å²) in [5, 5.41) is 6.47. The summed E-state index contributed by atoms with van der Waals surface area (Å²) >= 11 is 0. The van der Waals surface area contributed by atoms with E-state index in [1.54, 1.807) is 0 Å². The summed E-state index contributed by atoms with van der Waals surface area (Å²) in [4.78, 5) is 12.0. The molecule has 0 aromatic rings. The molecule has 100 valence electrons. The molecule has 0 spiro atoms. The molecule has 0 heterocycles. The van der Waals surface area contributed by atoms with Crippen LogP contribution in [0.3, 0.4) is 0 Å². The predicted octanol–water partition coefficient (Wildman–Crippen LogP) is 2.32. The molecule has 0 aromatic heterocycles. The van der Waals surface area contributed by atoms with Gasteiger partial charge in [0.2, 0.25) is 5.91 Å². The molecule has 0 aromatic carbocycles. The van der Waals surface area contributed by atoms with E-state index < -0.39 is 0 Å². The van der Waals surface area contributed by atoms with Crippen LogP contribution >= 0.6 is 0 Å². The second-order valence-electron chi connectivity index (χ2n) is 5.44. The van der Waals surface area contributed by atoms with E-state index in [4.69, 9.17) is 0 Å². The molecule has 17 heavy (non-hydrogen) atoms. The number of rotatable bonds is 5. The van der Waals surface area contributed by atoms with E-state index in [-0.39, 0.29) is 11.8 Å². The van der Waals surface area contributed by atoms with Gasteiger partial charge in [-0.3, -0.25) is 4.79 Å². The Kier molecular flexibility index (Phi) is 6.56. The van der Waals surface area contributed by atoms with Crippen molar-refractivity contribution in [1.29, 1.82) is 0 Å². The summed E-state index contributed by atoms with van der Waals surface area (Å²) in [5.41, 5.74) is 0. The minimum atomic E-state index is 0.0744. The summed E-state index contributed by atoms with van der Waals surface area (Å²) in [5.74, 6) is 0.919. The quantitative estimate of drug-likeness (QED) is 0.724. The summed E-state index contributed by atoms with van der Waals surface area (Å²) in [6.07, 6.45) is 6.31. The highest BCUT2D eigenvalue weighted by Gasteiger charge is 2.23. The molecule has 1 saturated carbocycles. The number of carbonyl (C=O) groups is 1. The molecule has 0 bridgehead atoms. The van der Waals surface area contributed by atoms with E-state index >= 15 is 0 Å². The first-order valence-electron chi connectivity index (χ1n) is 7.16. The van der Waals surface area contributed by atoms with Gasteiger partial charge in [0.15, 0.2) is 0 Å². The fourth-order valence-electron chi connectivity index (χ4n) is 2.49. The van der Waals surface area contributed by atoms with Crippen molar-refractivity contribution in [2.24, 2.45) is 11.8 Å². The lowest BCUT2D eigenvalue weighted by Gasteiger charge is -2.24. The highest BCUT2D eigenvalue weighted by Crippen LogP contribution is 2.23. The lowest BCUT2D eigenvalue weighted by molar-refractivity contribution is -0.125. The van der Waals surface area contributed by atoms with Crippen LogP contribution in [-0.2, 0) is 4.79 Å². The van der Waals surface area contributed by atoms with Crippen LogP contribution < -0.4 is 10.6 Å². The van der Waals surface area contributed by atoms with Crippen molar-refractivity contribution in [1.82, 2.24) is 10.6 Å². The molecule has 3 atom stereocenters. The van der Waals surface area contributed by atoms with E-state index in [2.05, 4.69) is 24.5 Å². The molecular formula is C14H28N2O. The number of amides is 1. The first kappa shape index (κ1) is 14.5. The van der Waals surface area contributed by atoms with Crippen molar-refractivity contribution in [3.8, 4) is 0 Å². The van der Waals surface area contributed by atoms with E-state index in [0.717, 1.165) is 19.5 Å². The number of hydrogen-bond donors (Lipinski definition) is 2. The van der Waals surface area contributed by atoms with Crippen LogP contribution in [0.15, 0.2) is 0 Å². The molecule has 1 aliphatic rings. The molecule has 1 aliphatic carbocycles. The molecule has 2 N–H and O–H groups in total. The maximum Gasteiger partial charge on any atom is 0.224 e. The Morgan fingerprint density at radius 2 is 2.00 bits per heavy atom. The summed E-state index contributed by atoms with van der Waals surface area (Å²) in [7, 11) is 0. The monoisotopic (exact) mass is 240 g/mol. The fraction of sp³-hybridized carbons (Fsp3) is 0.929. The second-order valence-corrected chi connectivity index (χ2v) is 5.44. The highest BCUT2D eigenvalue weighted by molar-refractivity contribution is 5.78. The van der Waals surface area contributed by atoms with Gasteiger partial charge >= 0.3 is 0 Å². The lowest BCUT2D eigenvalue weighted by Crippen LogP contribution is -2.43. The van der Waals surface area contributed by atoms with Gasteiger partial charge in [-0.2, -0.15) is 0 Å². The van der Waals surface area contributed by atoms with Gasteiger partial charge in [0.05, 0.1) is 0 Å². The van der Waals surface area contributed by atoms with Crippen LogP contribution in [0.4, 0.5) is 0 Å². The van der Waals surface area contributed by atoms with E-state index in [9.17, 15) is 4.79 Å². The first-order chi connectivity index (χ1) is 8.15. The van der Waals surface area contributed by atoms with Gasteiger partial charge in [0.25, 0.3) is 0 Å². The maximum atomic E-state index is 12.0. The Bertz CT molecular complexity index is 230. The van der Waals surface area contributed by atoms with Gasteiger partial charge in [-0.25, -0.2) is 0 Å². The van der Waals surface area contributed by atoms with Crippen molar-refractivity contribution in [2.45, 2.75) is 58.9 Å². The van der Waals surface area contributed by atoms with Gasteiger partial charge in [-0.1, -0.05) is 40.0 Å². The van der Waals surface area contributed by atoms with Crippen LogP contribution in [-0.4, -0.2) is 25.0 Å². The number of hydrogen-bond acceptors (Lipinski definition) is 2. The predicted molar refractivity (Wildman–Crippen MR) is 71.9 cm³/mol. The fourth-order valence-corrected chi connectivity index (χ4v) is 2.49. The Morgan fingerprint density at radius 1 is 1.29 bits per heavy atom. The normalized spacial score (nSPS) is 27.2. The standard InChI is InChI=1S/C14H28N2O/c1-4-15-10-12(3)14(17)16-13-9-7-5-6-8-11(13)2/h11-13,15H,4-10H2,1-3H3,(H,16,17). The molecular weight excluding hydrogens is 212 g/mol. The highest BCUT2D eigenvalue weighted by atomic mass is 16.1. The zero-order valence-corrected chi connectivity index (χ0v) is 11.6. The van der Waals surface area contributed by atoms with Gasteiger partial charge in [0.1, 0.15) is 0 Å². The minimum Gasteiger partial charge on any atom is -0.353 e. The van der Waals surface area contributed by atoms with E-state index in [1.807, 2.05) is 6.92 Å². The third kappa shape index (κ3) is 5.07. The van der Waals surface area contributed by atoms with Crippen LogP contribution in [0.1, 0.15) is 52.9 Å². The van der Waals surface area contributed by atoms with Gasteiger partial charge < -0.3 is 10.6 Å². The van der Waals surface area contributed by atoms with Crippen molar-refractivity contribution < 1.29 is 4.79 Å². The van der Waals surface area contributed by atoms with Crippen LogP contribution in [0.25, 0.3) is 0 Å². The Balaban J connectivity index is 2.37. The largest absolute Gasteiger partial charge is 0.353 e. The molecule has 0 saturated heterocycles. The Labute approximate surface area is 106 Å². The summed E-state index contributed by atoms with van der Waals surface area (Å²) < 4.78 is 0. The molecule has 0 aliphatic heterocycles. The van der Waals surface area contributed by atoms with Gasteiger partial charge in [0, 0.05) is 18.5 Å². The lowest BCUT2D eigenvalue weighted by atomic mass is 9.96. The maximum absolute atomic E-state index is 12.0. The van der Waals surface area contributed by atoms with Crippen LogP contribution in [0.5, 0.6) is 0 Å². The summed E-state index contributed by atoms with van der Waals surface area (Å²) in [6, 6.07) is 0.397. The zero-order valence-electron chi connectivity index (χ0n) is 11.6.